The molecule has 4 aromatic rings. The van der Waals surface area contributed by atoms with E-state index < -0.39 is 11.9 Å². The highest BCUT2D eigenvalue weighted by atomic mass is 32.1. The molecule has 2 heterocycles. The van der Waals surface area contributed by atoms with Gasteiger partial charge in [0.05, 0.1) is 17.6 Å². The Balaban J connectivity index is 1.58. The first kappa shape index (κ1) is 22.0. The second-order valence-electron chi connectivity index (χ2n) is 6.51. The van der Waals surface area contributed by atoms with Gasteiger partial charge >= 0.3 is 5.97 Å². The number of nitrogens with zero attached hydrogens (tertiary/aromatic N) is 3. The molecule has 9 nitrogen and oxygen atoms in total. The van der Waals surface area contributed by atoms with Crippen LogP contribution >= 0.6 is 22.7 Å². The van der Waals surface area contributed by atoms with Crippen LogP contribution in [0.25, 0.3) is 11.3 Å². The van der Waals surface area contributed by atoms with Crippen LogP contribution in [0.1, 0.15) is 15.2 Å². The molecule has 11 heteroatoms. The number of carbonyl (C=O) groups excluding carboxylic acids is 1. The lowest BCUT2D eigenvalue weighted by molar-refractivity contribution is -0.110. The van der Waals surface area contributed by atoms with Crippen LogP contribution in [0, 0.1) is 5.41 Å². The smallest absolute Gasteiger partial charge is 0.347 e. The van der Waals surface area contributed by atoms with Crippen molar-refractivity contribution in [3.05, 3.63) is 82.7 Å². The molecule has 0 radical (unpaired) electrons. The summed E-state index contributed by atoms with van der Waals surface area (Å²) in [5.41, 5.74) is 4.38. The van der Waals surface area contributed by atoms with Crippen LogP contribution in [0.3, 0.4) is 0 Å². The van der Waals surface area contributed by atoms with E-state index in [0.717, 1.165) is 22.6 Å². The molecule has 4 rings (SSSR count). The second kappa shape index (κ2) is 9.94. The predicted molar refractivity (Wildman–Crippen MR) is 130 cm³/mol. The maximum atomic E-state index is 13.0. The lowest BCUT2D eigenvalue weighted by Crippen LogP contribution is -2.31. The van der Waals surface area contributed by atoms with Gasteiger partial charge in [-0.15, -0.1) is 11.3 Å². The first-order chi connectivity index (χ1) is 16.0. The highest BCUT2D eigenvalue weighted by molar-refractivity contribution is 7.17. The molecule has 1 amide bonds. The summed E-state index contributed by atoms with van der Waals surface area (Å²) in [7, 11) is 0. The number of aromatic nitrogens is 2. The average Bonchev–Trinajstić information content (AvgIpc) is 3.50. The van der Waals surface area contributed by atoms with Gasteiger partial charge in [-0.2, -0.15) is 5.10 Å². The van der Waals surface area contributed by atoms with Crippen molar-refractivity contribution >= 4 is 56.2 Å². The SMILES string of the molecule is N=C(/C(=N\Nc1ncc(C(=O)O)s1)C(=O)Nc1nc(-c2ccccc2)cs1)c1ccccc1. The van der Waals surface area contributed by atoms with Crippen molar-refractivity contribution < 1.29 is 14.7 Å². The maximum absolute atomic E-state index is 13.0. The Morgan fingerprint density at radius 2 is 1.70 bits per heavy atom. The maximum Gasteiger partial charge on any atom is 0.347 e. The molecule has 0 atom stereocenters. The molecular formula is C22H16N6O3S2. The Morgan fingerprint density at radius 1 is 1.00 bits per heavy atom. The number of hydrazone groups is 1. The van der Waals surface area contributed by atoms with Gasteiger partial charge in [-0.1, -0.05) is 72.0 Å². The molecule has 164 valence electrons. The number of anilines is 2. The van der Waals surface area contributed by atoms with E-state index in [1.165, 1.54) is 17.5 Å². The van der Waals surface area contributed by atoms with Gasteiger partial charge in [0.2, 0.25) is 5.13 Å². The molecular weight excluding hydrogens is 460 g/mol. The molecule has 0 aliphatic rings. The summed E-state index contributed by atoms with van der Waals surface area (Å²) in [6.45, 7) is 0. The van der Waals surface area contributed by atoms with Crippen molar-refractivity contribution in [1.29, 1.82) is 5.41 Å². The Labute approximate surface area is 196 Å². The van der Waals surface area contributed by atoms with Gasteiger partial charge in [-0.3, -0.25) is 20.9 Å². The van der Waals surface area contributed by atoms with Crippen molar-refractivity contribution in [2.45, 2.75) is 0 Å². The summed E-state index contributed by atoms with van der Waals surface area (Å²) in [5.74, 6) is -1.75. The molecule has 0 bridgehead atoms. The van der Waals surface area contributed by atoms with Gasteiger partial charge in [-0.25, -0.2) is 14.8 Å². The molecule has 4 N–H and O–H groups in total. The number of amides is 1. The van der Waals surface area contributed by atoms with Crippen LogP contribution in [0.2, 0.25) is 0 Å². The molecule has 33 heavy (non-hydrogen) atoms. The highest BCUT2D eigenvalue weighted by Gasteiger charge is 2.21. The Kier molecular flexibility index (Phi) is 6.62. The lowest BCUT2D eigenvalue weighted by Gasteiger charge is -2.08. The number of hydrogen-bond donors (Lipinski definition) is 4. The zero-order valence-electron chi connectivity index (χ0n) is 16.9. The molecule has 2 aromatic carbocycles. The molecule has 0 saturated carbocycles. The number of hydrogen-bond acceptors (Lipinski definition) is 9. The summed E-state index contributed by atoms with van der Waals surface area (Å²) >= 11 is 2.12. The van der Waals surface area contributed by atoms with Crippen LogP contribution in [-0.2, 0) is 4.79 Å². The number of rotatable bonds is 8. The Morgan fingerprint density at radius 3 is 2.36 bits per heavy atom. The van der Waals surface area contributed by atoms with Gasteiger partial charge in [0, 0.05) is 16.5 Å². The number of carbonyl (C=O) groups is 2. The minimum atomic E-state index is -1.11. The third kappa shape index (κ3) is 5.34. The minimum absolute atomic E-state index is 0.0214. The molecule has 2 aromatic heterocycles. The highest BCUT2D eigenvalue weighted by Crippen LogP contribution is 2.24. The molecule has 0 spiro atoms. The van der Waals surface area contributed by atoms with Crippen molar-refractivity contribution in [1.82, 2.24) is 9.97 Å². The van der Waals surface area contributed by atoms with E-state index >= 15 is 0 Å². The van der Waals surface area contributed by atoms with E-state index in [0.29, 0.717) is 10.7 Å². The predicted octanol–water partition coefficient (Wildman–Crippen LogP) is 4.44. The average molecular weight is 477 g/mol. The van der Waals surface area contributed by atoms with Gasteiger partial charge in [0.25, 0.3) is 5.91 Å². The largest absolute Gasteiger partial charge is 0.477 e. The van der Waals surface area contributed by atoms with Crippen molar-refractivity contribution in [2.75, 3.05) is 10.7 Å². The second-order valence-corrected chi connectivity index (χ2v) is 8.39. The Bertz CT molecular complexity index is 1330. The fourth-order valence-electron chi connectivity index (χ4n) is 2.72. The van der Waals surface area contributed by atoms with E-state index in [4.69, 9.17) is 10.5 Å². The zero-order chi connectivity index (χ0) is 23.2. The fourth-order valence-corrected chi connectivity index (χ4v) is 4.03. The standard InChI is InChI=1S/C22H16N6O3S2/c23-17(14-9-5-2-6-10-14)18(27-28-21-24-11-16(33-21)20(30)31)19(29)26-22-25-15(12-32-22)13-7-3-1-4-8-13/h1-12,23H,(H,24,28)(H,30,31)(H,25,26,29)/b23-17?,27-18+. The van der Waals surface area contributed by atoms with Crippen LogP contribution in [0.15, 0.2) is 77.3 Å². The lowest BCUT2D eigenvalue weighted by atomic mass is 10.1. The first-order valence-electron chi connectivity index (χ1n) is 9.50. The summed E-state index contributed by atoms with van der Waals surface area (Å²) in [5, 5.41) is 26.7. The first-order valence-corrected chi connectivity index (χ1v) is 11.2. The Hall–Kier alpha value is -4.22. The zero-order valence-corrected chi connectivity index (χ0v) is 18.5. The van der Waals surface area contributed by atoms with Gasteiger partial charge < -0.3 is 5.11 Å². The number of carboxylic acid groups (broad SMARTS) is 1. The fraction of sp³-hybridized carbons (Fsp3) is 0. The van der Waals surface area contributed by atoms with Crippen molar-refractivity contribution in [2.24, 2.45) is 5.10 Å². The third-order valence-corrected chi connectivity index (χ3v) is 5.94. The number of thiazole rings is 2. The van der Waals surface area contributed by atoms with Crippen molar-refractivity contribution in [3.8, 4) is 11.3 Å². The summed E-state index contributed by atoms with van der Waals surface area (Å²) in [4.78, 5) is 32.5. The summed E-state index contributed by atoms with van der Waals surface area (Å²) in [6.07, 6.45) is 1.19. The molecule has 0 aliphatic carbocycles. The summed E-state index contributed by atoms with van der Waals surface area (Å²) < 4.78 is 0. The van der Waals surface area contributed by atoms with Crippen LogP contribution in [-0.4, -0.2) is 38.4 Å². The van der Waals surface area contributed by atoms with Gasteiger partial charge in [0.15, 0.2) is 10.8 Å². The van der Waals surface area contributed by atoms with E-state index in [1.807, 2.05) is 35.7 Å². The van der Waals surface area contributed by atoms with E-state index in [9.17, 15) is 9.59 Å². The monoisotopic (exact) mass is 476 g/mol. The minimum Gasteiger partial charge on any atom is -0.477 e. The molecule has 0 fully saturated rings. The van der Waals surface area contributed by atoms with Crippen LogP contribution in [0.4, 0.5) is 10.3 Å². The number of aromatic carboxylic acids is 1. The third-order valence-electron chi connectivity index (χ3n) is 4.29. The van der Waals surface area contributed by atoms with Crippen LogP contribution in [0.5, 0.6) is 0 Å². The topological polar surface area (TPSA) is 140 Å². The van der Waals surface area contributed by atoms with E-state index in [1.54, 1.807) is 30.3 Å². The van der Waals surface area contributed by atoms with Crippen molar-refractivity contribution in [3.63, 3.8) is 0 Å². The van der Waals surface area contributed by atoms with E-state index in [-0.39, 0.29) is 21.4 Å². The molecule has 0 aliphatic heterocycles. The number of benzene rings is 2. The molecule has 0 unspecified atom stereocenters. The summed E-state index contributed by atoms with van der Waals surface area (Å²) in [6, 6.07) is 18.2. The molecule has 0 saturated heterocycles. The normalized spacial score (nSPS) is 11.1. The number of carboxylic acids is 1. The van der Waals surface area contributed by atoms with Crippen LogP contribution < -0.4 is 10.7 Å². The van der Waals surface area contributed by atoms with Gasteiger partial charge in [0.1, 0.15) is 4.88 Å². The van der Waals surface area contributed by atoms with Gasteiger partial charge in [-0.05, 0) is 0 Å². The quantitative estimate of drug-likeness (QED) is 0.219. The van der Waals surface area contributed by atoms with E-state index in [2.05, 4.69) is 25.8 Å². The number of nitrogens with one attached hydrogen (secondary N) is 3.